The molecule has 0 radical (unpaired) electrons. The van der Waals surface area contributed by atoms with Crippen molar-refractivity contribution in [1.29, 1.82) is 0 Å². The number of fused-ring (bicyclic) bond motifs is 1. The molecule has 1 unspecified atom stereocenters. The second-order valence-electron chi connectivity index (χ2n) is 4.75. The average Bonchev–Trinajstić information content (AvgIpc) is 2.86. The lowest BCUT2D eigenvalue weighted by atomic mass is 10.1. The molecule has 0 aromatic heterocycles. The van der Waals surface area contributed by atoms with Crippen LogP contribution < -0.4 is 5.32 Å². The smallest absolute Gasteiger partial charge is 0.0992 e. The minimum absolute atomic E-state index is 0.226. The molecule has 2 N–H and O–H groups in total. The molecule has 1 aromatic carbocycles. The topological polar surface area (TPSA) is 35.5 Å². The molecule has 2 atom stereocenters. The van der Waals surface area contributed by atoms with Crippen LogP contribution in [0.5, 0.6) is 0 Å². The van der Waals surface area contributed by atoms with Crippen LogP contribution in [0, 0.1) is 0 Å². The van der Waals surface area contributed by atoms with Gasteiger partial charge in [-0.1, -0.05) is 24.3 Å². The summed E-state index contributed by atoms with van der Waals surface area (Å²) in [6.45, 7) is 1.32. The van der Waals surface area contributed by atoms with Gasteiger partial charge in [0.05, 0.1) is 12.8 Å². The van der Waals surface area contributed by atoms with E-state index in [1.165, 1.54) is 17.7 Å². The molecule has 0 bridgehead atoms. The Morgan fingerprint density at radius 3 is 3.12 bits per heavy atom. The summed E-state index contributed by atoms with van der Waals surface area (Å²) in [6, 6.07) is 8.63. The van der Waals surface area contributed by atoms with Gasteiger partial charge in [-0.15, -0.1) is 0 Å². The molecule has 3 nitrogen and oxygen atoms in total. The van der Waals surface area contributed by atoms with Crippen molar-refractivity contribution in [3.05, 3.63) is 35.9 Å². The van der Waals surface area contributed by atoms with Gasteiger partial charge < -0.3 is 10.4 Å². The predicted molar refractivity (Wildman–Crippen MR) is 69.7 cm³/mol. The van der Waals surface area contributed by atoms with Crippen LogP contribution in [0.25, 0.3) is 6.08 Å². The molecule has 0 spiro atoms. The molecule has 3 rings (SSSR count). The summed E-state index contributed by atoms with van der Waals surface area (Å²) in [5, 5.41) is 12.9. The molecule has 90 valence electrons. The van der Waals surface area contributed by atoms with Gasteiger partial charge in [-0.2, -0.15) is 0 Å². The van der Waals surface area contributed by atoms with Crippen molar-refractivity contribution < 1.29 is 5.11 Å². The van der Waals surface area contributed by atoms with E-state index in [9.17, 15) is 5.11 Å². The van der Waals surface area contributed by atoms with Gasteiger partial charge >= 0.3 is 0 Å². The van der Waals surface area contributed by atoms with E-state index in [1.807, 2.05) is 0 Å². The van der Waals surface area contributed by atoms with Crippen molar-refractivity contribution in [3.8, 4) is 0 Å². The van der Waals surface area contributed by atoms with Gasteiger partial charge in [0.25, 0.3) is 0 Å². The van der Waals surface area contributed by atoms with E-state index in [2.05, 4.69) is 46.6 Å². The number of anilines is 1. The normalized spacial score (nSPS) is 27.8. The zero-order valence-electron chi connectivity index (χ0n) is 9.84. The Kier molecular flexibility index (Phi) is 2.87. The second kappa shape index (κ2) is 4.51. The first-order valence-electron chi connectivity index (χ1n) is 6.29. The van der Waals surface area contributed by atoms with E-state index in [4.69, 9.17) is 0 Å². The fourth-order valence-electron chi connectivity index (χ4n) is 2.79. The number of likely N-dealkylation sites (tertiary alicyclic amines) is 1. The molecule has 1 aromatic rings. The van der Waals surface area contributed by atoms with Crippen molar-refractivity contribution in [2.24, 2.45) is 0 Å². The zero-order valence-corrected chi connectivity index (χ0v) is 9.84. The maximum atomic E-state index is 9.37. The van der Waals surface area contributed by atoms with Crippen molar-refractivity contribution in [1.82, 2.24) is 4.90 Å². The number of nitrogens with zero attached hydrogens (tertiary/aromatic N) is 1. The number of para-hydroxylation sites is 1. The highest BCUT2D eigenvalue weighted by Gasteiger charge is 2.30. The van der Waals surface area contributed by atoms with Gasteiger partial charge in [0, 0.05) is 18.3 Å². The predicted octanol–water partition coefficient (Wildman–Crippen LogP) is 1.91. The van der Waals surface area contributed by atoms with Gasteiger partial charge in [-0.05, 0) is 30.5 Å². The summed E-state index contributed by atoms with van der Waals surface area (Å²) in [5.41, 5.74) is 2.42. The van der Waals surface area contributed by atoms with Crippen LogP contribution in [0.1, 0.15) is 18.4 Å². The lowest BCUT2D eigenvalue weighted by Crippen LogP contribution is -2.44. The summed E-state index contributed by atoms with van der Waals surface area (Å²) in [6.07, 6.45) is 6.87. The Morgan fingerprint density at radius 2 is 2.24 bits per heavy atom. The number of benzene rings is 1. The summed E-state index contributed by atoms with van der Waals surface area (Å²) >= 11 is 0. The minimum atomic E-state index is 0.226. The highest BCUT2D eigenvalue weighted by molar-refractivity contribution is 5.70. The number of hydrogen-bond donors (Lipinski definition) is 2. The van der Waals surface area contributed by atoms with E-state index in [0.29, 0.717) is 6.04 Å². The molecule has 0 saturated carbocycles. The number of aliphatic hydroxyl groups excluding tert-OH is 1. The van der Waals surface area contributed by atoms with Crippen LogP contribution in [-0.4, -0.2) is 35.4 Å². The molecule has 2 aliphatic heterocycles. The summed E-state index contributed by atoms with van der Waals surface area (Å²) in [5.74, 6) is 0. The van der Waals surface area contributed by atoms with Crippen molar-refractivity contribution in [3.63, 3.8) is 0 Å². The van der Waals surface area contributed by atoms with E-state index < -0.39 is 0 Å². The third kappa shape index (κ3) is 1.96. The second-order valence-corrected chi connectivity index (χ2v) is 4.75. The van der Waals surface area contributed by atoms with Crippen LogP contribution in [0.2, 0.25) is 0 Å². The minimum Gasteiger partial charge on any atom is -0.395 e. The highest BCUT2D eigenvalue weighted by atomic mass is 16.3. The van der Waals surface area contributed by atoms with Crippen LogP contribution in [0.3, 0.4) is 0 Å². The maximum Gasteiger partial charge on any atom is 0.0992 e. The molecule has 0 amide bonds. The average molecular weight is 230 g/mol. The van der Waals surface area contributed by atoms with E-state index in [0.717, 1.165) is 13.0 Å². The van der Waals surface area contributed by atoms with Gasteiger partial charge in [0.1, 0.15) is 0 Å². The third-order valence-electron chi connectivity index (χ3n) is 3.71. The lowest BCUT2D eigenvalue weighted by molar-refractivity contribution is 0.145. The van der Waals surface area contributed by atoms with Crippen molar-refractivity contribution in [2.75, 3.05) is 18.5 Å². The van der Waals surface area contributed by atoms with E-state index in [-0.39, 0.29) is 12.8 Å². The van der Waals surface area contributed by atoms with E-state index >= 15 is 0 Å². The molecule has 1 saturated heterocycles. The molecule has 2 aliphatic rings. The quantitative estimate of drug-likeness (QED) is 0.814. The Hall–Kier alpha value is -1.32. The first-order valence-corrected chi connectivity index (χ1v) is 6.29. The summed E-state index contributed by atoms with van der Waals surface area (Å²) in [4.78, 5) is 2.35. The van der Waals surface area contributed by atoms with Crippen LogP contribution in [-0.2, 0) is 0 Å². The van der Waals surface area contributed by atoms with Gasteiger partial charge in [0.15, 0.2) is 0 Å². The molecular weight excluding hydrogens is 212 g/mol. The molecule has 17 heavy (non-hydrogen) atoms. The highest BCUT2D eigenvalue weighted by Crippen LogP contribution is 2.27. The van der Waals surface area contributed by atoms with Gasteiger partial charge in [-0.3, -0.25) is 4.90 Å². The van der Waals surface area contributed by atoms with Gasteiger partial charge in [0.2, 0.25) is 0 Å². The van der Waals surface area contributed by atoms with Gasteiger partial charge in [-0.25, -0.2) is 0 Å². The van der Waals surface area contributed by atoms with Crippen LogP contribution in [0.4, 0.5) is 5.69 Å². The first kappa shape index (κ1) is 10.8. The Morgan fingerprint density at radius 1 is 1.35 bits per heavy atom. The molecule has 1 fully saturated rings. The Bertz CT molecular complexity index is 430. The number of nitrogens with one attached hydrogen (secondary N) is 1. The number of hydrogen-bond acceptors (Lipinski definition) is 3. The third-order valence-corrected chi connectivity index (χ3v) is 3.71. The van der Waals surface area contributed by atoms with Crippen molar-refractivity contribution in [2.45, 2.75) is 25.0 Å². The van der Waals surface area contributed by atoms with E-state index in [1.54, 1.807) is 0 Å². The SMILES string of the molecule is OC[C@@H]1CCCN1C1C=Cc2ccccc2N1. The maximum absolute atomic E-state index is 9.37. The largest absolute Gasteiger partial charge is 0.395 e. The first-order chi connectivity index (χ1) is 8.38. The van der Waals surface area contributed by atoms with Crippen molar-refractivity contribution >= 4 is 11.8 Å². The Balaban J connectivity index is 1.80. The molecule has 0 aliphatic carbocycles. The standard InChI is InChI=1S/C14H18N2O/c17-10-12-5-3-9-16(12)14-8-7-11-4-1-2-6-13(11)15-14/h1-2,4,6-8,12,14-15,17H,3,5,9-10H2/t12-,14?/m0/s1. The molecular formula is C14H18N2O. The fourth-order valence-corrected chi connectivity index (χ4v) is 2.79. The molecule has 2 heterocycles. The fraction of sp³-hybridized carbons (Fsp3) is 0.429. The number of rotatable bonds is 2. The zero-order chi connectivity index (χ0) is 11.7. The number of aliphatic hydroxyl groups is 1. The summed E-state index contributed by atoms with van der Waals surface area (Å²) < 4.78 is 0. The van der Waals surface area contributed by atoms with Crippen LogP contribution >= 0.6 is 0 Å². The monoisotopic (exact) mass is 230 g/mol. The molecule has 3 heteroatoms. The summed E-state index contributed by atoms with van der Waals surface area (Å²) in [7, 11) is 0. The lowest BCUT2D eigenvalue weighted by Gasteiger charge is -2.33. The Labute approximate surface area is 102 Å². The van der Waals surface area contributed by atoms with Crippen LogP contribution in [0.15, 0.2) is 30.3 Å².